The zero-order chi connectivity index (χ0) is 14.8. The molecule has 0 aliphatic heterocycles. The summed E-state index contributed by atoms with van der Waals surface area (Å²) < 4.78 is 32.0. The van der Waals surface area contributed by atoms with Crippen molar-refractivity contribution >= 4 is 5.97 Å². The Morgan fingerprint density at radius 1 is 1.35 bits per heavy atom. The normalized spacial score (nSPS) is 21.6. The third kappa shape index (κ3) is 2.79. The van der Waals surface area contributed by atoms with E-state index in [-0.39, 0.29) is 5.57 Å². The lowest BCUT2D eigenvalue weighted by Crippen LogP contribution is -2.32. The Bertz CT molecular complexity index is 578. The largest absolute Gasteiger partial charge is 0.447 e. The fraction of sp³-hybridized carbons (Fsp3) is 0.312. The zero-order valence-corrected chi connectivity index (χ0v) is 11.3. The average molecular weight is 278 g/mol. The van der Waals surface area contributed by atoms with Crippen molar-refractivity contribution in [2.24, 2.45) is 0 Å². The number of allylic oxidation sites excluding steroid dienone is 1. The third-order valence-corrected chi connectivity index (χ3v) is 3.34. The second-order valence-electron chi connectivity index (χ2n) is 4.98. The van der Waals surface area contributed by atoms with Crippen molar-refractivity contribution in [3.8, 4) is 0 Å². The molecule has 1 atom stereocenters. The van der Waals surface area contributed by atoms with Gasteiger partial charge in [-0.2, -0.15) is 0 Å². The summed E-state index contributed by atoms with van der Waals surface area (Å²) in [4.78, 5) is 11.8. The lowest BCUT2D eigenvalue weighted by atomic mass is 9.84. The van der Waals surface area contributed by atoms with Gasteiger partial charge in [0.25, 0.3) is 0 Å². The molecular weight excluding hydrogens is 262 g/mol. The van der Waals surface area contributed by atoms with Gasteiger partial charge in [0.15, 0.2) is 17.2 Å². The van der Waals surface area contributed by atoms with Gasteiger partial charge in [-0.25, -0.2) is 13.6 Å². The first-order valence-corrected chi connectivity index (χ1v) is 6.47. The van der Waals surface area contributed by atoms with Crippen LogP contribution in [0.15, 0.2) is 42.5 Å². The van der Waals surface area contributed by atoms with E-state index >= 15 is 0 Å². The van der Waals surface area contributed by atoms with Crippen molar-refractivity contribution in [2.75, 3.05) is 0 Å². The minimum atomic E-state index is -1.04. The van der Waals surface area contributed by atoms with Gasteiger partial charge in [-0.15, -0.1) is 0 Å². The zero-order valence-electron chi connectivity index (χ0n) is 11.3. The molecule has 0 spiro atoms. The molecule has 0 bridgehead atoms. The van der Waals surface area contributed by atoms with Gasteiger partial charge in [-0.3, -0.25) is 0 Å². The Morgan fingerprint density at radius 3 is 2.65 bits per heavy atom. The number of ether oxygens (including phenoxy) is 1. The van der Waals surface area contributed by atoms with Crippen LogP contribution in [0.3, 0.4) is 0 Å². The monoisotopic (exact) mass is 278 g/mol. The Labute approximate surface area is 116 Å². The van der Waals surface area contributed by atoms with Crippen molar-refractivity contribution in [1.29, 1.82) is 0 Å². The number of carbonyl (C=O) groups is 1. The van der Waals surface area contributed by atoms with Gasteiger partial charge in [0, 0.05) is 11.1 Å². The molecule has 1 aromatic carbocycles. The Kier molecular flexibility index (Phi) is 4.02. The Morgan fingerprint density at radius 2 is 2.10 bits per heavy atom. The smallest absolute Gasteiger partial charge is 0.334 e. The predicted molar refractivity (Wildman–Crippen MR) is 71.9 cm³/mol. The van der Waals surface area contributed by atoms with Crippen molar-refractivity contribution in [2.45, 2.75) is 31.8 Å². The number of rotatable bonds is 3. The molecule has 0 heterocycles. The van der Waals surface area contributed by atoms with E-state index in [9.17, 15) is 13.6 Å². The SMILES string of the molecule is C=C(C)C(=O)OC1(c2ccc(F)c(F)c2)C=CCCC1. The minimum Gasteiger partial charge on any atom is -0.447 e. The number of halogens is 2. The summed E-state index contributed by atoms with van der Waals surface area (Å²) in [5, 5.41) is 0. The van der Waals surface area contributed by atoms with Crippen molar-refractivity contribution in [3.05, 3.63) is 59.7 Å². The van der Waals surface area contributed by atoms with Crippen LogP contribution in [0.25, 0.3) is 0 Å². The van der Waals surface area contributed by atoms with Crippen LogP contribution in [0.1, 0.15) is 31.7 Å². The average Bonchev–Trinajstić information content (AvgIpc) is 2.42. The fourth-order valence-corrected chi connectivity index (χ4v) is 2.24. The summed E-state index contributed by atoms with van der Waals surface area (Å²) in [6.07, 6.45) is 5.84. The first-order chi connectivity index (χ1) is 9.44. The quantitative estimate of drug-likeness (QED) is 0.474. The van der Waals surface area contributed by atoms with Gasteiger partial charge in [0.2, 0.25) is 0 Å². The standard InChI is InChI=1S/C16H16F2O2/c1-11(2)15(19)20-16(8-4-3-5-9-16)12-6-7-13(17)14(18)10-12/h4,6-8,10H,1,3,5,9H2,2H3. The van der Waals surface area contributed by atoms with Crippen molar-refractivity contribution in [3.63, 3.8) is 0 Å². The molecule has 1 aliphatic rings. The van der Waals surface area contributed by atoms with Crippen molar-refractivity contribution < 1.29 is 18.3 Å². The van der Waals surface area contributed by atoms with E-state index in [2.05, 4.69) is 6.58 Å². The number of benzene rings is 1. The highest BCUT2D eigenvalue weighted by molar-refractivity contribution is 5.87. The van der Waals surface area contributed by atoms with E-state index in [1.165, 1.54) is 6.07 Å². The van der Waals surface area contributed by atoms with Crippen LogP contribution < -0.4 is 0 Å². The molecule has 1 aromatic rings. The number of carbonyl (C=O) groups excluding carboxylic acids is 1. The van der Waals surface area contributed by atoms with Gasteiger partial charge in [-0.1, -0.05) is 18.7 Å². The third-order valence-electron chi connectivity index (χ3n) is 3.34. The number of hydrogen-bond acceptors (Lipinski definition) is 2. The summed E-state index contributed by atoms with van der Waals surface area (Å²) in [7, 11) is 0. The van der Waals surface area contributed by atoms with Crippen LogP contribution in [-0.2, 0) is 15.1 Å². The molecule has 0 saturated carbocycles. The van der Waals surface area contributed by atoms with E-state index in [1.54, 1.807) is 13.0 Å². The molecule has 2 nitrogen and oxygen atoms in total. The summed E-state index contributed by atoms with van der Waals surface area (Å²) in [6, 6.07) is 3.57. The summed E-state index contributed by atoms with van der Waals surface area (Å²) in [5.74, 6) is -2.41. The van der Waals surface area contributed by atoms with Crippen LogP contribution in [0.4, 0.5) is 8.78 Å². The molecule has 2 rings (SSSR count). The molecule has 20 heavy (non-hydrogen) atoms. The molecule has 0 amide bonds. The van der Waals surface area contributed by atoms with E-state index in [4.69, 9.17) is 4.74 Å². The molecular formula is C16H16F2O2. The molecule has 106 valence electrons. The molecule has 1 unspecified atom stereocenters. The molecule has 0 N–H and O–H groups in total. The molecule has 4 heteroatoms. The van der Waals surface area contributed by atoms with Crippen LogP contribution in [0.2, 0.25) is 0 Å². The van der Waals surface area contributed by atoms with Crippen LogP contribution in [0.5, 0.6) is 0 Å². The van der Waals surface area contributed by atoms with Crippen molar-refractivity contribution in [1.82, 2.24) is 0 Å². The fourth-order valence-electron chi connectivity index (χ4n) is 2.24. The lowest BCUT2D eigenvalue weighted by molar-refractivity contribution is -0.152. The Hall–Kier alpha value is -1.97. The first-order valence-electron chi connectivity index (χ1n) is 6.47. The number of hydrogen-bond donors (Lipinski definition) is 0. The molecule has 0 aromatic heterocycles. The summed E-state index contributed by atoms with van der Waals surface area (Å²) in [6.45, 7) is 5.09. The summed E-state index contributed by atoms with van der Waals surface area (Å²) >= 11 is 0. The van der Waals surface area contributed by atoms with Crippen LogP contribution >= 0.6 is 0 Å². The van der Waals surface area contributed by atoms with Crippen LogP contribution in [-0.4, -0.2) is 5.97 Å². The van der Waals surface area contributed by atoms with E-state index < -0.39 is 23.2 Å². The maximum absolute atomic E-state index is 13.4. The molecule has 0 saturated heterocycles. The highest BCUT2D eigenvalue weighted by atomic mass is 19.2. The van der Waals surface area contributed by atoms with E-state index in [1.807, 2.05) is 6.08 Å². The number of esters is 1. The van der Waals surface area contributed by atoms with Crippen LogP contribution in [0, 0.1) is 11.6 Å². The van der Waals surface area contributed by atoms with Gasteiger partial charge in [-0.05, 0) is 44.4 Å². The highest BCUT2D eigenvalue weighted by Crippen LogP contribution is 2.37. The maximum Gasteiger partial charge on any atom is 0.334 e. The first kappa shape index (κ1) is 14.4. The Balaban J connectivity index is 2.43. The topological polar surface area (TPSA) is 26.3 Å². The molecule has 1 aliphatic carbocycles. The van der Waals surface area contributed by atoms with E-state index in [0.717, 1.165) is 25.0 Å². The maximum atomic E-state index is 13.4. The second kappa shape index (κ2) is 5.57. The highest BCUT2D eigenvalue weighted by Gasteiger charge is 2.35. The van der Waals surface area contributed by atoms with Gasteiger partial charge < -0.3 is 4.74 Å². The minimum absolute atomic E-state index is 0.269. The molecule has 0 radical (unpaired) electrons. The van der Waals surface area contributed by atoms with Gasteiger partial charge >= 0.3 is 5.97 Å². The van der Waals surface area contributed by atoms with Gasteiger partial charge in [0.05, 0.1) is 0 Å². The predicted octanol–water partition coefficient (Wildman–Crippen LogP) is 4.02. The molecule has 0 fully saturated rings. The van der Waals surface area contributed by atoms with Gasteiger partial charge in [0.1, 0.15) is 0 Å². The lowest BCUT2D eigenvalue weighted by Gasteiger charge is -2.33. The summed E-state index contributed by atoms with van der Waals surface area (Å²) in [5.41, 5.74) is -0.337. The second-order valence-corrected chi connectivity index (χ2v) is 4.98. The van der Waals surface area contributed by atoms with E-state index in [0.29, 0.717) is 12.0 Å².